The Morgan fingerprint density at radius 2 is 1.85 bits per heavy atom. The fraction of sp³-hybridized carbons (Fsp3) is 0.600. The molecule has 3 aliphatic rings. The number of piperidine rings is 1. The highest BCUT2D eigenvalue weighted by Crippen LogP contribution is 2.45. The Kier molecular flexibility index (Phi) is 8.36. The van der Waals surface area contributed by atoms with Crippen LogP contribution in [0.5, 0.6) is 11.5 Å². The Balaban J connectivity index is 1.24. The predicted octanol–water partition coefficient (Wildman–Crippen LogP) is 4.57. The second-order valence-corrected chi connectivity index (χ2v) is 12.5. The summed E-state index contributed by atoms with van der Waals surface area (Å²) in [4.78, 5) is 40.1. The number of Topliss-reactive ketones (excluding diaryl/α,β-unsaturated/α-hetero) is 1. The van der Waals surface area contributed by atoms with Crippen LogP contribution in [0.3, 0.4) is 0 Å². The van der Waals surface area contributed by atoms with E-state index in [4.69, 9.17) is 16.3 Å². The largest absolute Gasteiger partial charge is 0.451 e. The average Bonchev–Trinajstić information content (AvgIpc) is 2.91. The first kappa shape index (κ1) is 28.8. The van der Waals surface area contributed by atoms with Crippen molar-refractivity contribution in [2.45, 2.75) is 70.9 Å². The normalized spacial score (nSPS) is 20.4. The number of halogens is 1. The molecule has 1 saturated carbocycles. The Bertz CT molecular complexity index is 1230. The van der Waals surface area contributed by atoms with Gasteiger partial charge in [-0.15, -0.1) is 0 Å². The van der Waals surface area contributed by atoms with E-state index in [1.54, 1.807) is 29.3 Å². The lowest BCUT2D eigenvalue weighted by Gasteiger charge is -2.55. The first-order chi connectivity index (χ1) is 19.1. The monoisotopic (exact) mass is 569 g/mol. The van der Waals surface area contributed by atoms with E-state index in [1.807, 2.05) is 20.8 Å². The summed E-state index contributed by atoms with van der Waals surface area (Å²) in [5.41, 5.74) is -0.110. The summed E-state index contributed by atoms with van der Waals surface area (Å²) in [5.74, 6) is 1.78. The number of anilines is 1. The van der Waals surface area contributed by atoms with Crippen LogP contribution in [-0.4, -0.2) is 87.5 Å². The second-order valence-electron chi connectivity index (χ2n) is 12.0. The van der Waals surface area contributed by atoms with Crippen LogP contribution in [0.4, 0.5) is 5.82 Å². The van der Waals surface area contributed by atoms with Crippen molar-refractivity contribution in [1.82, 2.24) is 19.8 Å². The molecule has 1 amide bonds. The van der Waals surface area contributed by atoms with Gasteiger partial charge in [-0.2, -0.15) is 0 Å². The molecule has 1 aliphatic carbocycles. The minimum atomic E-state index is -0.734. The van der Waals surface area contributed by atoms with Crippen molar-refractivity contribution in [2.75, 3.05) is 44.2 Å². The molecule has 40 heavy (non-hydrogen) atoms. The van der Waals surface area contributed by atoms with Gasteiger partial charge < -0.3 is 24.5 Å². The summed E-state index contributed by atoms with van der Waals surface area (Å²) in [6.45, 7) is 10.8. The Hall–Kier alpha value is -2.75. The lowest BCUT2D eigenvalue weighted by Crippen LogP contribution is -2.61. The maximum atomic E-state index is 13.4. The summed E-state index contributed by atoms with van der Waals surface area (Å²) in [5, 5.41) is 11.4. The summed E-state index contributed by atoms with van der Waals surface area (Å²) in [6.07, 6.45) is 7.42. The topological polar surface area (TPSA) is 99.1 Å². The number of ketones is 1. The molecule has 1 spiro atoms. The molecule has 2 saturated heterocycles. The van der Waals surface area contributed by atoms with Crippen LogP contribution in [0.1, 0.15) is 69.7 Å². The van der Waals surface area contributed by atoms with Crippen molar-refractivity contribution >= 4 is 29.1 Å². The highest BCUT2D eigenvalue weighted by atomic mass is 35.5. The molecule has 2 aliphatic heterocycles. The third-order valence-corrected chi connectivity index (χ3v) is 9.04. The summed E-state index contributed by atoms with van der Waals surface area (Å²) < 4.78 is 6.31. The van der Waals surface area contributed by atoms with Gasteiger partial charge in [-0.05, 0) is 77.7 Å². The van der Waals surface area contributed by atoms with Gasteiger partial charge in [0.15, 0.2) is 11.6 Å². The van der Waals surface area contributed by atoms with E-state index in [2.05, 4.69) is 19.8 Å². The van der Waals surface area contributed by atoms with E-state index in [0.29, 0.717) is 66.7 Å². The number of likely N-dealkylation sites (tertiary alicyclic amines) is 1. The molecule has 1 aromatic carbocycles. The maximum absolute atomic E-state index is 13.4. The number of benzene rings is 1. The molecule has 1 aromatic heterocycles. The van der Waals surface area contributed by atoms with Crippen LogP contribution in [0.25, 0.3) is 0 Å². The molecule has 0 unspecified atom stereocenters. The van der Waals surface area contributed by atoms with Crippen LogP contribution in [0.2, 0.25) is 5.02 Å². The van der Waals surface area contributed by atoms with Crippen LogP contribution in [-0.2, 0) is 4.79 Å². The van der Waals surface area contributed by atoms with E-state index >= 15 is 0 Å². The summed E-state index contributed by atoms with van der Waals surface area (Å²) in [6, 6.07) is 5.14. The van der Waals surface area contributed by atoms with Crippen molar-refractivity contribution in [3.63, 3.8) is 0 Å². The van der Waals surface area contributed by atoms with Gasteiger partial charge in [-0.3, -0.25) is 9.59 Å². The van der Waals surface area contributed by atoms with Gasteiger partial charge in [0.25, 0.3) is 5.91 Å². The molecule has 0 atom stereocenters. The second kappa shape index (κ2) is 11.6. The number of hydrogen-bond acceptors (Lipinski definition) is 8. The first-order valence-electron chi connectivity index (χ1n) is 14.4. The molecule has 0 bridgehead atoms. The van der Waals surface area contributed by atoms with Gasteiger partial charge in [0.05, 0.1) is 17.4 Å². The van der Waals surface area contributed by atoms with E-state index in [-0.39, 0.29) is 23.1 Å². The smallest absolute Gasteiger partial charge is 0.257 e. The maximum Gasteiger partial charge on any atom is 0.257 e. The number of aromatic nitrogens is 2. The standard InChI is InChI=1S/C30H40ClN5O4/c1-4-36(21(2)3)28(38)24-15-22(31)5-6-25(24)40-26-16-32-20-33-27(26)35-17-29(18-35)11-13-34(14-12-29)19-30(39)9-7-23(37)8-10-30/h5-6,15-16,20-21,39H,4,7-14,17-19H2,1-3H3. The molecule has 3 heterocycles. The van der Waals surface area contributed by atoms with Gasteiger partial charge >= 0.3 is 0 Å². The van der Waals surface area contributed by atoms with Gasteiger partial charge in [0.2, 0.25) is 0 Å². The average molecular weight is 570 g/mol. The zero-order valence-corrected chi connectivity index (χ0v) is 24.5. The predicted molar refractivity (Wildman–Crippen MR) is 154 cm³/mol. The number of ether oxygens (including phenoxy) is 1. The third kappa shape index (κ3) is 6.11. The van der Waals surface area contributed by atoms with E-state index < -0.39 is 5.60 Å². The highest BCUT2D eigenvalue weighted by molar-refractivity contribution is 6.31. The molecule has 1 N–H and O–H groups in total. The molecular formula is C30H40ClN5O4. The van der Waals surface area contributed by atoms with Crippen molar-refractivity contribution in [3.8, 4) is 11.5 Å². The van der Waals surface area contributed by atoms with Crippen molar-refractivity contribution in [2.24, 2.45) is 5.41 Å². The minimum Gasteiger partial charge on any atom is -0.451 e. The van der Waals surface area contributed by atoms with Gasteiger partial charge in [-0.1, -0.05) is 11.6 Å². The quantitative estimate of drug-likeness (QED) is 0.494. The lowest BCUT2D eigenvalue weighted by atomic mass is 9.71. The third-order valence-electron chi connectivity index (χ3n) is 8.80. The SMILES string of the molecule is CCN(C(=O)c1cc(Cl)ccc1Oc1cncnc1N1CC2(CCN(CC3(O)CCC(=O)CC3)CC2)C1)C(C)C. The van der Waals surface area contributed by atoms with Crippen LogP contribution in [0, 0.1) is 5.41 Å². The summed E-state index contributed by atoms with van der Waals surface area (Å²) in [7, 11) is 0. The number of carbonyl (C=O) groups is 2. The van der Waals surface area contributed by atoms with E-state index in [0.717, 1.165) is 39.0 Å². The van der Waals surface area contributed by atoms with Crippen LogP contribution < -0.4 is 9.64 Å². The number of aliphatic hydroxyl groups is 1. The minimum absolute atomic E-state index is 0.0402. The Morgan fingerprint density at radius 3 is 2.50 bits per heavy atom. The van der Waals surface area contributed by atoms with Crippen molar-refractivity contribution in [1.29, 1.82) is 0 Å². The fourth-order valence-corrected chi connectivity index (χ4v) is 6.55. The van der Waals surface area contributed by atoms with E-state index in [1.165, 1.54) is 6.33 Å². The highest BCUT2D eigenvalue weighted by Gasteiger charge is 2.47. The number of amides is 1. The Morgan fingerprint density at radius 1 is 1.15 bits per heavy atom. The molecule has 2 aromatic rings. The fourth-order valence-electron chi connectivity index (χ4n) is 6.38. The molecule has 10 heteroatoms. The van der Waals surface area contributed by atoms with Gasteiger partial charge in [-0.25, -0.2) is 9.97 Å². The van der Waals surface area contributed by atoms with E-state index in [9.17, 15) is 14.7 Å². The molecule has 0 radical (unpaired) electrons. The molecule has 9 nitrogen and oxygen atoms in total. The molecule has 3 fully saturated rings. The molecule has 216 valence electrons. The first-order valence-corrected chi connectivity index (χ1v) is 14.8. The van der Waals surface area contributed by atoms with Crippen molar-refractivity contribution in [3.05, 3.63) is 41.3 Å². The number of nitrogens with zero attached hydrogens (tertiary/aromatic N) is 5. The summed E-state index contributed by atoms with van der Waals surface area (Å²) >= 11 is 6.28. The molecule has 5 rings (SSSR count). The lowest BCUT2D eigenvalue weighted by molar-refractivity contribution is -0.126. The van der Waals surface area contributed by atoms with Gasteiger partial charge in [0, 0.05) is 55.5 Å². The van der Waals surface area contributed by atoms with Crippen LogP contribution in [0.15, 0.2) is 30.7 Å². The zero-order valence-electron chi connectivity index (χ0n) is 23.7. The number of β-amino-alcohol motifs (C(OH)–C–C–N with tert-alkyl or cyclic N) is 1. The number of rotatable bonds is 8. The van der Waals surface area contributed by atoms with Gasteiger partial charge in [0.1, 0.15) is 17.9 Å². The Labute approximate surface area is 241 Å². The zero-order chi connectivity index (χ0) is 28.5. The number of hydrogen-bond donors (Lipinski definition) is 1. The van der Waals surface area contributed by atoms with Crippen molar-refractivity contribution < 1.29 is 19.4 Å². The van der Waals surface area contributed by atoms with Crippen LogP contribution >= 0.6 is 11.6 Å². The molecular weight excluding hydrogens is 530 g/mol. The number of carbonyl (C=O) groups excluding carboxylic acids is 2.